The highest BCUT2D eigenvalue weighted by Gasteiger charge is 2.29. The summed E-state index contributed by atoms with van der Waals surface area (Å²) in [6, 6.07) is 14.1. The summed E-state index contributed by atoms with van der Waals surface area (Å²) in [6.45, 7) is 1.76. The van der Waals surface area contributed by atoms with Crippen molar-refractivity contribution in [3.8, 4) is 11.5 Å². The Balaban J connectivity index is 1.80. The van der Waals surface area contributed by atoms with E-state index in [2.05, 4.69) is 17.3 Å². The number of likely N-dealkylation sites (tertiary alicyclic amines) is 1. The van der Waals surface area contributed by atoms with Gasteiger partial charge in [-0.05, 0) is 57.1 Å². The Morgan fingerprint density at radius 3 is 2.36 bits per heavy atom. The molecule has 0 aromatic heterocycles. The smallest absolute Gasteiger partial charge is 0.243 e. The van der Waals surface area contributed by atoms with Gasteiger partial charge in [-0.2, -0.15) is 4.31 Å². The maximum atomic E-state index is 13.5. The van der Waals surface area contributed by atoms with Crippen LogP contribution in [0.2, 0.25) is 0 Å². The number of ether oxygens (including phenoxy) is 2. The molecule has 0 aliphatic carbocycles. The minimum atomic E-state index is -3.94. The van der Waals surface area contributed by atoms with Crippen molar-refractivity contribution in [2.24, 2.45) is 0 Å². The van der Waals surface area contributed by atoms with Crippen molar-refractivity contribution in [1.29, 1.82) is 0 Å². The standard InChI is InChI=1S/C24H33N3O5S/c1-26-14-12-20(13-15-26)25-24(28)18-27(16-11-19-7-5-4-6-8-19)33(29,30)21-9-10-22(31-2)23(17-21)32-3/h4-10,17,20H,11-16,18H2,1-3H3,(H,25,28). The van der Waals surface area contributed by atoms with Crippen molar-refractivity contribution < 1.29 is 22.7 Å². The summed E-state index contributed by atoms with van der Waals surface area (Å²) >= 11 is 0. The molecule has 33 heavy (non-hydrogen) atoms. The number of rotatable bonds is 10. The van der Waals surface area contributed by atoms with E-state index in [-0.39, 0.29) is 29.9 Å². The van der Waals surface area contributed by atoms with Crippen LogP contribution in [0.3, 0.4) is 0 Å². The van der Waals surface area contributed by atoms with Crippen molar-refractivity contribution in [3.63, 3.8) is 0 Å². The molecule has 1 aliphatic heterocycles. The zero-order chi connectivity index (χ0) is 23.8. The predicted octanol–water partition coefficient (Wildman–Crippen LogP) is 2.15. The molecule has 0 bridgehead atoms. The van der Waals surface area contributed by atoms with Crippen molar-refractivity contribution in [1.82, 2.24) is 14.5 Å². The van der Waals surface area contributed by atoms with E-state index in [0.29, 0.717) is 17.9 Å². The van der Waals surface area contributed by atoms with E-state index in [4.69, 9.17) is 9.47 Å². The van der Waals surface area contributed by atoms with Gasteiger partial charge in [0.05, 0.1) is 25.7 Å². The predicted molar refractivity (Wildman–Crippen MR) is 127 cm³/mol. The molecule has 2 aromatic carbocycles. The zero-order valence-corrected chi connectivity index (χ0v) is 20.3. The first-order valence-electron chi connectivity index (χ1n) is 11.1. The molecule has 1 amide bonds. The first-order chi connectivity index (χ1) is 15.8. The molecule has 180 valence electrons. The number of amides is 1. The number of hydrogen-bond acceptors (Lipinski definition) is 6. The molecule has 1 aliphatic rings. The Labute approximate surface area is 196 Å². The number of nitrogens with zero attached hydrogens (tertiary/aromatic N) is 2. The van der Waals surface area contributed by atoms with Gasteiger partial charge in [0, 0.05) is 18.7 Å². The van der Waals surface area contributed by atoms with E-state index in [1.54, 1.807) is 6.07 Å². The summed E-state index contributed by atoms with van der Waals surface area (Å²) in [5.41, 5.74) is 1.00. The molecule has 0 atom stereocenters. The van der Waals surface area contributed by atoms with Crippen molar-refractivity contribution in [3.05, 3.63) is 54.1 Å². The number of piperidine rings is 1. The van der Waals surface area contributed by atoms with E-state index in [0.717, 1.165) is 31.5 Å². The molecular weight excluding hydrogens is 442 g/mol. The maximum absolute atomic E-state index is 13.5. The Morgan fingerprint density at radius 2 is 1.73 bits per heavy atom. The summed E-state index contributed by atoms with van der Waals surface area (Å²) in [6.07, 6.45) is 2.21. The third-order valence-electron chi connectivity index (χ3n) is 5.89. The van der Waals surface area contributed by atoms with Gasteiger partial charge in [0.2, 0.25) is 15.9 Å². The number of benzene rings is 2. The Morgan fingerprint density at radius 1 is 1.06 bits per heavy atom. The number of methoxy groups -OCH3 is 2. The lowest BCUT2D eigenvalue weighted by atomic mass is 10.1. The summed E-state index contributed by atoms with van der Waals surface area (Å²) < 4.78 is 38.8. The summed E-state index contributed by atoms with van der Waals surface area (Å²) in [5.74, 6) is 0.464. The number of nitrogens with one attached hydrogen (secondary N) is 1. The van der Waals surface area contributed by atoms with Crippen molar-refractivity contribution >= 4 is 15.9 Å². The van der Waals surface area contributed by atoms with Gasteiger partial charge in [0.15, 0.2) is 11.5 Å². The molecule has 1 fully saturated rings. The molecule has 2 aromatic rings. The van der Waals surface area contributed by atoms with Crippen LogP contribution in [-0.2, 0) is 21.2 Å². The average Bonchev–Trinajstić information content (AvgIpc) is 2.83. The van der Waals surface area contributed by atoms with Gasteiger partial charge in [0.1, 0.15) is 0 Å². The summed E-state index contributed by atoms with van der Waals surface area (Å²) in [5, 5.41) is 3.02. The van der Waals surface area contributed by atoms with E-state index in [9.17, 15) is 13.2 Å². The lowest BCUT2D eigenvalue weighted by Gasteiger charge is -2.30. The maximum Gasteiger partial charge on any atom is 0.243 e. The highest BCUT2D eigenvalue weighted by molar-refractivity contribution is 7.89. The van der Waals surface area contributed by atoms with Crippen LogP contribution in [0, 0.1) is 0 Å². The number of hydrogen-bond donors (Lipinski definition) is 1. The van der Waals surface area contributed by atoms with Crippen LogP contribution < -0.4 is 14.8 Å². The zero-order valence-electron chi connectivity index (χ0n) is 19.5. The van der Waals surface area contributed by atoms with Gasteiger partial charge in [-0.3, -0.25) is 4.79 Å². The minimum absolute atomic E-state index is 0.0558. The number of carbonyl (C=O) groups excluding carboxylic acids is 1. The monoisotopic (exact) mass is 475 g/mol. The first kappa shape index (κ1) is 25.0. The average molecular weight is 476 g/mol. The van der Waals surface area contributed by atoms with Crippen molar-refractivity contribution in [2.45, 2.75) is 30.2 Å². The largest absolute Gasteiger partial charge is 0.493 e. The molecule has 0 spiro atoms. The topological polar surface area (TPSA) is 88.2 Å². The molecule has 1 N–H and O–H groups in total. The molecule has 0 unspecified atom stereocenters. The molecule has 1 heterocycles. The molecule has 3 rings (SSSR count). The second-order valence-electron chi connectivity index (χ2n) is 8.24. The van der Waals surface area contributed by atoms with Crippen LogP contribution in [0.1, 0.15) is 18.4 Å². The third kappa shape index (κ3) is 6.69. The van der Waals surface area contributed by atoms with Crippen LogP contribution >= 0.6 is 0 Å². The second kappa shape index (κ2) is 11.5. The second-order valence-corrected chi connectivity index (χ2v) is 10.2. The van der Waals surface area contributed by atoms with Gasteiger partial charge in [-0.25, -0.2) is 8.42 Å². The van der Waals surface area contributed by atoms with Crippen LogP contribution in [0.15, 0.2) is 53.4 Å². The van der Waals surface area contributed by atoms with E-state index in [1.807, 2.05) is 30.3 Å². The third-order valence-corrected chi connectivity index (χ3v) is 7.73. The molecule has 0 radical (unpaired) electrons. The van der Waals surface area contributed by atoms with Gasteiger partial charge < -0.3 is 19.7 Å². The Hall–Kier alpha value is -2.62. The summed E-state index contributed by atoms with van der Waals surface area (Å²) in [7, 11) is 1.06. The Bertz CT molecular complexity index is 1020. The lowest BCUT2D eigenvalue weighted by Crippen LogP contribution is -2.48. The molecule has 8 nitrogen and oxygen atoms in total. The quantitative estimate of drug-likeness (QED) is 0.567. The fourth-order valence-electron chi connectivity index (χ4n) is 3.90. The van der Waals surface area contributed by atoms with Gasteiger partial charge in [-0.1, -0.05) is 30.3 Å². The molecule has 9 heteroatoms. The van der Waals surface area contributed by atoms with Crippen LogP contribution in [0.4, 0.5) is 0 Å². The minimum Gasteiger partial charge on any atom is -0.493 e. The van der Waals surface area contributed by atoms with Crippen molar-refractivity contribution in [2.75, 3.05) is 47.4 Å². The van der Waals surface area contributed by atoms with E-state index in [1.165, 1.54) is 30.7 Å². The molecule has 0 saturated carbocycles. The summed E-state index contributed by atoms with van der Waals surface area (Å²) in [4.78, 5) is 15.1. The highest BCUT2D eigenvalue weighted by atomic mass is 32.2. The fraction of sp³-hybridized carbons (Fsp3) is 0.458. The van der Waals surface area contributed by atoms with Crippen LogP contribution in [0.25, 0.3) is 0 Å². The fourth-order valence-corrected chi connectivity index (χ4v) is 5.31. The number of carbonyl (C=O) groups is 1. The normalized spacial score (nSPS) is 15.4. The highest BCUT2D eigenvalue weighted by Crippen LogP contribution is 2.30. The SMILES string of the molecule is COc1ccc(S(=O)(=O)N(CCc2ccccc2)CC(=O)NC2CCN(C)CC2)cc1OC. The van der Waals surface area contributed by atoms with E-state index < -0.39 is 10.0 Å². The molecular formula is C24H33N3O5S. The Kier molecular flexibility index (Phi) is 8.71. The molecule has 1 saturated heterocycles. The van der Waals surface area contributed by atoms with Gasteiger partial charge in [0.25, 0.3) is 0 Å². The lowest BCUT2D eigenvalue weighted by molar-refractivity contribution is -0.122. The number of sulfonamides is 1. The van der Waals surface area contributed by atoms with E-state index >= 15 is 0 Å². The van der Waals surface area contributed by atoms with Gasteiger partial charge >= 0.3 is 0 Å². The van der Waals surface area contributed by atoms with Crippen LogP contribution in [-0.4, -0.2) is 77.0 Å². The van der Waals surface area contributed by atoms with Crippen LogP contribution in [0.5, 0.6) is 11.5 Å². The first-order valence-corrected chi connectivity index (χ1v) is 12.5. The van der Waals surface area contributed by atoms with Gasteiger partial charge in [-0.15, -0.1) is 0 Å².